The number of amides is 3. The van der Waals surface area contributed by atoms with E-state index in [0.717, 1.165) is 77.4 Å². The molecule has 4 aromatic rings. The topological polar surface area (TPSA) is 171 Å². The number of alkyl carbamates (subject to hydrolysis) is 1. The molecule has 7 rings (SSSR count). The lowest BCUT2D eigenvalue weighted by molar-refractivity contribution is -0.149. The van der Waals surface area contributed by atoms with Crippen molar-refractivity contribution in [2.75, 3.05) is 20.3 Å². The van der Waals surface area contributed by atoms with Crippen molar-refractivity contribution in [2.24, 2.45) is 29.6 Å². The number of aromatic nitrogens is 4. The number of likely N-dealkylation sites (tertiary alicyclic amines) is 1. The molecule has 3 amide bonds. The van der Waals surface area contributed by atoms with Crippen LogP contribution in [0, 0.1) is 29.6 Å². The van der Waals surface area contributed by atoms with Gasteiger partial charge in [-0.3, -0.25) is 9.59 Å². The summed E-state index contributed by atoms with van der Waals surface area (Å²) in [6, 6.07) is 15.1. The molecule has 0 spiro atoms. The largest absolute Gasteiger partial charge is 0.464 e. The van der Waals surface area contributed by atoms with Crippen molar-refractivity contribution in [3.8, 4) is 33.6 Å². The van der Waals surface area contributed by atoms with E-state index >= 15 is 0 Å². The molecule has 13 heteroatoms. The van der Waals surface area contributed by atoms with Gasteiger partial charge in [-0.05, 0) is 85.0 Å². The van der Waals surface area contributed by atoms with Crippen LogP contribution in [-0.2, 0) is 23.9 Å². The van der Waals surface area contributed by atoms with E-state index in [2.05, 4.69) is 74.1 Å². The SMILES string of the molecule is CCOC(=O)[C@@H](NC(=O)[C@@H]1[C@@H]2CC[C@@H](C2)[C@H]1c1ncc(-c2ccc(-c3ccc(-c4cnc([C@@H]5CCCN5C(=O)[C@@H](NC(=O)OC)C(C)C)[nH]4)cc3)cc2)[nH]1)C(C)C. The molecule has 302 valence electrons. The van der Waals surface area contributed by atoms with E-state index in [4.69, 9.17) is 14.5 Å². The van der Waals surface area contributed by atoms with Crippen LogP contribution in [-0.4, -0.2) is 81.1 Å². The molecule has 2 aromatic carbocycles. The Labute approximate surface area is 334 Å². The monoisotopic (exact) mass is 777 g/mol. The second kappa shape index (κ2) is 17.0. The number of H-pyrrole nitrogens is 2. The van der Waals surface area contributed by atoms with Gasteiger partial charge in [0.25, 0.3) is 0 Å². The molecule has 4 N–H and O–H groups in total. The maximum absolute atomic E-state index is 13.8. The molecule has 57 heavy (non-hydrogen) atoms. The number of rotatable bonds is 13. The Morgan fingerprint density at radius 1 is 0.772 bits per heavy atom. The predicted molar refractivity (Wildman–Crippen MR) is 215 cm³/mol. The minimum atomic E-state index is -0.685. The second-order valence-corrected chi connectivity index (χ2v) is 16.4. The third kappa shape index (κ3) is 8.20. The van der Waals surface area contributed by atoms with Gasteiger partial charge < -0.3 is 35.0 Å². The lowest BCUT2D eigenvalue weighted by atomic mass is 9.78. The normalized spacial score (nSPS) is 22.5. The van der Waals surface area contributed by atoms with Crippen molar-refractivity contribution in [3.63, 3.8) is 0 Å². The maximum atomic E-state index is 13.8. The molecule has 0 unspecified atom stereocenters. The smallest absolute Gasteiger partial charge is 0.407 e. The van der Waals surface area contributed by atoms with Gasteiger partial charge in [0, 0.05) is 12.5 Å². The van der Waals surface area contributed by atoms with Crippen LogP contribution in [0.2, 0.25) is 0 Å². The van der Waals surface area contributed by atoms with Crippen LogP contribution < -0.4 is 10.6 Å². The maximum Gasteiger partial charge on any atom is 0.407 e. The van der Waals surface area contributed by atoms with Gasteiger partial charge in [-0.1, -0.05) is 76.2 Å². The molecule has 2 saturated carbocycles. The minimum absolute atomic E-state index is 0.0246. The lowest BCUT2D eigenvalue weighted by Crippen LogP contribution is -2.51. The van der Waals surface area contributed by atoms with E-state index in [1.54, 1.807) is 6.92 Å². The molecule has 3 fully saturated rings. The van der Waals surface area contributed by atoms with E-state index in [1.165, 1.54) is 7.11 Å². The number of hydrogen-bond donors (Lipinski definition) is 4. The quantitative estimate of drug-likeness (QED) is 0.105. The standard InChI is InChI=1S/C44H55N7O6/c1-7-57-43(54)38(25(4)5)49-41(52)36-31-19-18-30(21-31)35(36)40-46-23-33(48-40)29-16-12-27(13-17-29)26-10-14-28(15-11-26)32-22-45-39(47-32)34-9-8-20-51(34)42(53)37(24(2)3)50-44(55)56-6/h10-17,22-25,30-31,34-38H,7-9,18-21H2,1-6H3,(H,45,47)(H,46,48)(H,49,52)(H,50,55)/t30-,31+,34-,35+,36+,37-,38-/m0/s1. The Kier molecular flexibility index (Phi) is 11.8. The Morgan fingerprint density at radius 3 is 1.91 bits per heavy atom. The van der Waals surface area contributed by atoms with Crippen molar-refractivity contribution in [2.45, 2.75) is 90.8 Å². The summed E-state index contributed by atoms with van der Waals surface area (Å²) in [6.07, 6.45) is 7.77. The summed E-state index contributed by atoms with van der Waals surface area (Å²) in [4.78, 5) is 70.2. The number of esters is 1. The molecule has 1 aliphatic heterocycles. The average Bonchev–Trinajstić information content (AvgIpc) is 4.07. The van der Waals surface area contributed by atoms with Gasteiger partial charge in [0.2, 0.25) is 11.8 Å². The zero-order chi connectivity index (χ0) is 40.4. The van der Waals surface area contributed by atoms with E-state index < -0.39 is 18.2 Å². The van der Waals surface area contributed by atoms with Gasteiger partial charge in [0.15, 0.2) is 0 Å². The summed E-state index contributed by atoms with van der Waals surface area (Å²) >= 11 is 0. The Morgan fingerprint density at radius 2 is 1.33 bits per heavy atom. The van der Waals surface area contributed by atoms with Crippen molar-refractivity contribution < 1.29 is 28.7 Å². The average molecular weight is 778 g/mol. The number of methoxy groups -OCH3 is 1. The fraction of sp³-hybridized carbons (Fsp3) is 0.500. The summed E-state index contributed by atoms with van der Waals surface area (Å²) in [5.41, 5.74) is 5.89. The molecule has 3 aliphatic rings. The van der Waals surface area contributed by atoms with Crippen LogP contribution in [0.3, 0.4) is 0 Å². The highest BCUT2D eigenvalue weighted by molar-refractivity contribution is 5.87. The van der Waals surface area contributed by atoms with Crippen molar-refractivity contribution in [1.82, 2.24) is 35.5 Å². The summed E-state index contributed by atoms with van der Waals surface area (Å²) < 4.78 is 10.0. The number of ether oxygens (including phenoxy) is 2. The van der Waals surface area contributed by atoms with Crippen LogP contribution in [0.25, 0.3) is 33.6 Å². The number of fused-ring (bicyclic) bond motifs is 2. The van der Waals surface area contributed by atoms with Gasteiger partial charge in [-0.15, -0.1) is 0 Å². The van der Waals surface area contributed by atoms with E-state index in [9.17, 15) is 19.2 Å². The Bertz CT molecular complexity index is 2050. The van der Waals surface area contributed by atoms with Crippen molar-refractivity contribution in [3.05, 3.63) is 72.6 Å². The highest BCUT2D eigenvalue weighted by atomic mass is 16.5. The number of aromatic amines is 2. The van der Waals surface area contributed by atoms with Crippen molar-refractivity contribution in [1.29, 1.82) is 0 Å². The van der Waals surface area contributed by atoms with Crippen LogP contribution in [0.15, 0.2) is 60.9 Å². The molecular weight excluding hydrogens is 723 g/mol. The third-order valence-electron chi connectivity index (χ3n) is 12.2. The van der Waals surface area contributed by atoms with Gasteiger partial charge in [0.05, 0.1) is 49.5 Å². The first kappa shape index (κ1) is 39.8. The number of nitrogens with one attached hydrogen (secondary N) is 4. The number of carbonyl (C=O) groups excluding carboxylic acids is 4. The van der Waals surface area contributed by atoms with E-state index in [0.29, 0.717) is 12.5 Å². The molecular formula is C44H55N7O6. The first-order valence-electron chi connectivity index (χ1n) is 20.4. The Balaban J connectivity index is 1.01. The minimum Gasteiger partial charge on any atom is -0.464 e. The highest BCUT2D eigenvalue weighted by Crippen LogP contribution is 2.56. The number of carbonyl (C=O) groups is 4. The molecule has 2 aromatic heterocycles. The molecule has 7 atom stereocenters. The van der Waals surface area contributed by atoms with E-state index in [-0.39, 0.29) is 60.0 Å². The molecule has 2 aliphatic carbocycles. The first-order chi connectivity index (χ1) is 27.5. The number of imidazole rings is 2. The molecule has 3 heterocycles. The summed E-state index contributed by atoms with van der Waals surface area (Å²) in [6.45, 7) is 10.3. The van der Waals surface area contributed by atoms with E-state index in [1.807, 2.05) is 45.0 Å². The number of nitrogens with zero attached hydrogens (tertiary/aromatic N) is 3. The van der Waals surface area contributed by atoms with Crippen LogP contribution in [0.5, 0.6) is 0 Å². The third-order valence-corrected chi connectivity index (χ3v) is 12.2. The van der Waals surface area contributed by atoms with Crippen LogP contribution >= 0.6 is 0 Å². The fourth-order valence-electron chi connectivity index (χ4n) is 9.22. The molecule has 0 radical (unpaired) electrons. The zero-order valence-corrected chi connectivity index (χ0v) is 33.7. The van der Waals surface area contributed by atoms with Gasteiger partial charge in [0.1, 0.15) is 23.7 Å². The number of hydrogen-bond acceptors (Lipinski definition) is 8. The van der Waals surface area contributed by atoms with Gasteiger partial charge >= 0.3 is 12.1 Å². The first-order valence-corrected chi connectivity index (χ1v) is 20.4. The summed E-state index contributed by atoms with van der Waals surface area (Å²) in [5.74, 6) is 1.16. The van der Waals surface area contributed by atoms with Crippen molar-refractivity contribution >= 4 is 23.9 Å². The van der Waals surface area contributed by atoms with Gasteiger partial charge in [-0.2, -0.15) is 0 Å². The van der Waals surface area contributed by atoms with Crippen LogP contribution in [0.1, 0.15) is 90.3 Å². The van der Waals surface area contributed by atoms with Crippen LogP contribution in [0.4, 0.5) is 4.79 Å². The molecule has 13 nitrogen and oxygen atoms in total. The molecule has 2 bridgehead atoms. The summed E-state index contributed by atoms with van der Waals surface area (Å²) in [7, 11) is 1.29. The number of benzene rings is 2. The molecule has 1 saturated heterocycles. The zero-order valence-electron chi connectivity index (χ0n) is 33.7. The second-order valence-electron chi connectivity index (χ2n) is 16.4. The van der Waals surface area contributed by atoms with Gasteiger partial charge in [-0.25, -0.2) is 19.6 Å². The Hall–Kier alpha value is -5.46. The highest BCUT2D eigenvalue weighted by Gasteiger charge is 2.53. The predicted octanol–water partition coefficient (Wildman–Crippen LogP) is 7.01. The lowest BCUT2D eigenvalue weighted by Gasteiger charge is -2.31. The summed E-state index contributed by atoms with van der Waals surface area (Å²) in [5, 5.41) is 5.74. The fourth-order valence-corrected chi connectivity index (χ4v) is 9.22.